The van der Waals surface area contributed by atoms with Crippen LogP contribution in [0.4, 0.5) is 11.8 Å². The molecule has 3 aromatic rings. The van der Waals surface area contributed by atoms with Gasteiger partial charge in [0.1, 0.15) is 5.82 Å². The van der Waals surface area contributed by atoms with Crippen molar-refractivity contribution in [3.05, 3.63) is 82.4 Å². The third-order valence-electron chi connectivity index (χ3n) is 5.44. The summed E-state index contributed by atoms with van der Waals surface area (Å²) < 4.78 is 1.62. The van der Waals surface area contributed by atoms with Gasteiger partial charge < -0.3 is 9.80 Å². The van der Waals surface area contributed by atoms with E-state index in [0.717, 1.165) is 43.5 Å². The standard InChI is InChI=1S/C22H23N7O/c1-16-15-19(30)29-20(17-7-3-2-4-8-17)25-21(26-22(29)24-16)28-13-11-27(12-14-28)18-9-5-6-10-23-18/h2-10,15,20H,11-14H2,1H3,(H,24,25,26). The zero-order chi connectivity index (χ0) is 20.5. The predicted octanol–water partition coefficient (Wildman–Crippen LogP) is 2.10. The Balaban J connectivity index is 1.45. The first-order valence-corrected chi connectivity index (χ1v) is 10.1. The predicted molar refractivity (Wildman–Crippen MR) is 117 cm³/mol. The molecule has 1 unspecified atom stereocenters. The summed E-state index contributed by atoms with van der Waals surface area (Å²) in [6.07, 6.45) is 1.38. The molecule has 1 fully saturated rings. The topological polar surface area (TPSA) is 78.7 Å². The third-order valence-corrected chi connectivity index (χ3v) is 5.44. The van der Waals surface area contributed by atoms with Crippen molar-refractivity contribution in [3.8, 4) is 0 Å². The molecular formula is C22H23N7O. The zero-order valence-electron chi connectivity index (χ0n) is 16.8. The van der Waals surface area contributed by atoms with Gasteiger partial charge in [0.15, 0.2) is 6.17 Å². The van der Waals surface area contributed by atoms with Crippen LogP contribution in [0.5, 0.6) is 0 Å². The van der Waals surface area contributed by atoms with Crippen molar-refractivity contribution >= 4 is 17.7 Å². The summed E-state index contributed by atoms with van der Waals surface area (Å²) in [7, 11) is 0. The number of anilines is 2. The summed E-state index contributed by atoms with van der Waals surface area (Å²) >= 11 is 0. The molecule has 0 saturated carbocycles. The number of piperazine rings is 1. The fraction of sp³-hybridized carbons (Fsp3) is 0.273. The lowest BCUT2D eigenvalue weighted by Crippen LogP contribution is -2.52. The van der Waals surface area contributed by atoms with Gasteiger partial charge in [-0.15, -0.1) is 0 Å². The maximum absolute atomic E-state index is 12.7. The molecule has 1 atom stereocenters. The Morgan fingerprint density at radius 1 is 0.967 bits per heavy atom. The zero-order valence-corrected chi connectivity index (χ0v) is 16.8. The quantitative estimate of drug-likeness (QED) is 0.709. The first-order chi connectivity index (χ1) is 14.7. The number of pyridine rings is 1. The molecule has 5 rings (SSSR count). The smallest absolute Gasteiger partial charge is 0.257 e. The van der Waals surface area contributed by atoms with Crippen LogP contribution in [0.2, 0.25) is 0 Å². The average Bonchev–Trinajstić information content (AvgIpc) is 2.79. The maximum Gasteiger partial charge on any atom is 0.257 e. The van der Waals surface area contributed by atoms with Crippen LogP contribution < -0.4 is 15.8 Å². The van der Waals surface area contributed by atoms with Gasteiger partial charge in [0.2, 0.25) is 11.9 Å². The average molecular weight is 401 g/mol. The van der Waals surface area contributed by atoms with Crippen LogP contribution in [-0.4, -0.2) is 51.6 Å². The highest BCUT2D eigenvalue weighted by atomic mass is 16.1. The largest absolute Gasteiger partial charge is 0.353 e. The maximum atomic E-state index is 12.7. The van der Waals surface area contributed by atoms with Crippen molar-refractivity contribution in [1.29, 1.82) is 0 Å². The van der Waals surface area contributed by atoms with Crippen molar-refractivity contribution in [2.75, 3.05) is 36.4 Å². The molecule has 2 aromatic heterocycles. The molecule has 0 spiro atoms. The van der Waals surface area contributed by atoms with Crippen LogP contribution in [0.3, 0.4) is 0 Å². The SMILES string of the molecule is Cc1cc(=O)n2c(n1)NC(N1CCN(c3ccccn3)CC1)=NC2c1ccccc1. The highest BCUT2D eigenvalue weighted by Crippen LogP contribution is 2.26. The van der Waals surface area contributed by atoms with Crippen LogP contribution in [0.25, 0.3) is 0 Å². The molecule has 0 amide bonds. The van der Waals surface area contributed by atoms with E-state index >= 15 is 0 Å². The third kappa shape index (κ3) is 3.41. The molecule has 2 aliphatic heterocycles. The van der Waals surface area contributed by atoms with Crippen molar-refractivity contribution in [1.82, 2.24) is 19.4 Å². The Hall–Kier alpha value is -3.68. The van der Waals surface area contributed by atoms with Gasteiger partial charge >= 0.3 is 0 Å². The number of aryl methyl sites for hydroxylation is 1. The molecule has 2 aliphatic rings. The summed E-state index contributed by atoms with van der Waals surface area (Å²) in [6, 6.07) is 17.4. The van der Waals surface area contributed by atoms with E-state index in [4.69, 9.17) is 4.99 Å². The van der Waals surface area contributed by atoms with Crippen molar-refractivity contribution in [2.24, 2.45) is 4.99 Å². The summed E-state index contributed by atoms with van der Waals surface area (Å²) in [5, 5.41) is 3.30. The van der Waals surface area contributed by atoms with E-state index in [9.17, 15) is 4.79 Å². The summed E-state index contributed by atoms with van der Waals surface area (Å²) in [5.74, 6) is 2.28. The van der Waals surface area contributed by atoms with Crippen LogP contribution >= 0.6 is 0 Å². The Labute approximate surface area is 174 Å². The number of fused-ring (bicyclic) bond motifs is 1. The second kappa shape index (κ2) is 7.62. The normalized spacial score (nSPS) is 18.4. The molecule has 4 heterocycles. The van der Waals surface area contributed by atoms with E-state index in [0.29, 0.717) is 11.6 Å². The van der Waals surface area contributed by atoms with Gasteiger partial charge in [0.25, 0.3) is 5.56 Å². The fourth-order valence-corrected chi connectivity index (χ4v) is 3.93. The number of aliphatic imine (C=N–C) groups is 1. The Morgan fingerprint density at radius 3 is 2.43 bits per heavy atom. The lowest BCUT2D eigenvalue weighted by molar-refractivity contribution is 0.375. The number of hydrogen-bond acceptors (Lipinski definition) is 7. The van der Waals surface area contributed by atoms with Gasteiger partial charge in [-0.1, -0.05) is 36.4 Å². The van der Waals surface area contributed by atoms with Gasteiger partial charge in [-0.3, -0.25) is 14.7 Å². The van der Waals surface area contributed by atoms with Crippen LogP contribution in [0.15, 0.2) is 70.6 Å². The summed E-state index contributed by atoms with van der Waals surface area (Å²) in [4.78, 5) is 31.2. The van der Waals surface area contributed by atoms with Crippen molar-refractivity contribution < 1.29 is 0 Å². The Kier molecular flexibility index (Phi) is 4.66. The van der Waals surface area contributed by atoms with Crippen molar-refractivity contribution in [2.45, 2.75) is 13.1 Å². The van der Waals surface area contributed by atoms with E-state index in [1.54, 1.807) is 10.6 Å². The number of nitrogens with one attached hydrogen (secondary N) is 1. The van der Waals surface area contributed by atoms with Crippen molar-refractivity contribution in [3.63, 3.8) is 0 Å². The first-order valence-electron chi connectivity index (χ1n) is 10.1. The van der Waals surface area contributed by atoms with Gasteiger partial charge in [-0.05, 0) is 24.6 Å². The van der Waals surface area contributed by atoms with Gasteiger partial charge in [0.05, 0.1) is 0 Å². The van der Waals surface area contributed by atoms with E-state index in [-0.39, 0.29) is 5.56 Å². The number of guanidine groups is 1. The number of benzene rings is 1. The second-order valence-corrected chi connectivity index (χ2v) is 7.45. The minimum atomic E-state index is -0.438. The highest BCUT2D eigenvalue weighted by Gasteiger charge is 2.29. The van der Waals surface area contributed by atoms with Crippen LogP contribution in [0.1, 0.15) is 17.4 Å². The molecule has 0 bridgehead atoms. The second-order valence-electron chi connectivity index (χ2n) is 7.45. The summed E-state index contributed by atoms with van der Waals surface area (Å²) in [6.45, 7) is 5.14. The monoisotopic (exact) mass is 401 g/mol. The molecule has 1 N–H and O–H groups in total. The van der Waals surface area contributed by atoms with Gasteiger partial charge in [0, 0.05) is 44.1 Å². The molecule has 0 radical (unpaired) electrons. The molecule has 30 heavy (non-hydrogen) atoms. The Bertz CT molecular complexity index is 1120. The lowest BCUT2D eigenvalue weighted by atomic mass is 10.1. The van der Waals surface area contributed by atoms with Crippen LogP contribution in [0, 0.1) is 6.92 Å². The highest BCUT2D eigenvalue weighted by molar-refractivity contribution is 5.93. The molecule has 8 nitrogen and oxygen atoms in total. The summed E-state index contributed by atoms with van der Waals surface area (Å²) in [5.41, 5.74) is 1.53. The molecule has 8 heteroatoms. The minimum absolute atomic E-state index is 0.110. The first kappa shape index (κ1) is 18.4. The Morgan fingerprint density at radius 2 is 1.70 bits per heavy atom. The van der Waals surface area contributed by atoms with E-state index in [1.165, 1.54) is 0 Å². The van der Waals surface area contributed by atoms with E-state index in [1.807, 2.05) is 61.7 Å². The lowest BCUT2D eigenvalue weighted by Gasteiger charge is -2.39. The fourth-order valence-electron chi connectivity index (χ4n) is 3.93. The molecule has 152 valence electrons. The minimum Gasteiger partial charge on any atom is -0.353 e. The van der Waals surface area contributed by atoms with Gasteiger partial charge in [-0.2, -0.15) is 0 Å². The van der Waals surface area contributed by atoms with E-state index in [2.05, 4.69) is 25.1 Å². The van der Waals surface area contributed by atoms with E-state index < -0.39 is 6.17 Å². The number of aromatic nitrogens is 3. The molecular weight excluding hydrogens is 378 g/mol. The number of hydrogen-bond donors (Lipinski definition) is 1. The van der Waals surface area contributed by atoms with Crippen LogP contribution in [-0.2, 0) is 0 Å². The number of nitrogens with zero attached hydrogens (tertiary/aromatic N) is 6. The molecule has 1 saturated heterocycles. The molecule has 1 aromatic carbocycles. The van der Waals surface area contributed by atoms with Gasteiger partial charge in [-0.25, -0.2) is 15.0 Å². The molecule has 0 aliphatic carbocycles. The number of rotatable bonds is 2.